The fraction of sp³-hybridized carbons (Fsp3) is 0.833. The van der Waals surface area contributed by atoms with E-state index in [1.165, 1.54) is 0 Å². The highest BCUT2D eigenvalue weighted by atomic mass is 32.2. The van der Waals surface area contributed by atoms with Gasteiger partial charge in [0, 0.05) is 0 Å². The van der Waals surface area contributed by atoms with Gasteiger partial charge in [-0.1, -0.05) is 0 Å². The number of rotatable bonds is 9. The van der Waals surface area contributed by atoms with Crippen LogP contribution in [0.25, 0.3) is 0 Å². The van der Waals surface area contributed by atoms with E-state index in [0.29, 0.717) is 12.8 Å². The maximum absolute atomic E-state index is 11.7. The molecule has 1 aliphatic carbocycles. The standard InChI is InChI=1S/C12H22N2O6S/c1-9(2)20-6-7-21(18,19)13-8-10(15)14-12(11(16)17)4-3-5-12/h9,13H,3-8H2,1-2H3,(H,14,15)(H,16,17). The van der Waals surface area contributed by atoms with Crippen molar-refractivity contribution in [1.82, 2.24) is 10.0 Å². The first-order valence-electron chi connectivity index (χ1n) is 6.80. The highest BCUT2D eigenvalue weighted by molar-refractivity contribution is 7.89. The van der Waals surface area contributed by atoms with E-state index in [2.05, 4.69) is 10.0 Å². The number of sulfonamides is 1. The lowest BCUT2D eigenvalue weighted by Gasteiger charge is -2.38. The van der Waals surface area contributed by atoms with E-state index in [4.69, 9.17) is 9.84 Å². The van der Waals surface area contributed by atoms with Crippen molar-refractivity contribution in [2.75, 3.05) is 18.9 Å². The van der Waals surface area contributed by atoms with Crippen LogP contribution in [0.5, 0.6) is 0 Å². The normalized spacial score (nSPS) is 17.3. The van der Waals surface area contributed by atoms with Crippen LogP contribution in [0.4, 0.5) is 0 Å². The molecular weight excluding hydrogens is 300 g/mol. The molecule has 1 saturated carbocycles. The molecule has 122 valence electrons. The first kappa shape index (κ1) is 17.9. The number of amides is 1. The van der Waals surface area contributed by atoms with Crippen LogP contribution in [0.3, 0.4) is 0 Å². The summed E-state index contributed by atoms with van der Waals surface area (Å²) in [5.74, 6) is -1.98. The average Bonchev–Trinajstić information content (AvgIpc) is 2.30. The predicted molar refractivity (Wildman–Crippen MR) is 75.2 cm³/mol. The van der Waals surface area contributed by atoms with E-state index in [9.17, 15) is 18.0 Å². The first-order chi connectivity index (χ1) is 9.67. The molecule has 0 bridgehead atoms. The zero-order chi connectivity index (χ0) is 16.1. The molecule has 0 aromatic rings. The molecule has 3 N–H and O–H groups in total. The number of carbonyl (C=O) groups excluding carboxylic acids is 1. The Morgan fingerprint density at radius 3 is 2.38 bits per heavy atom. The number of carboxylic acid groups (broad SMARTS) is 1. The summed E-state index contributed by atoms with van der Waals surface area (Å²) in [5.41, 5.74) is -1.23. The van der Waals surface area contributed by atoms with Gasteiger partial charge in [-0.25, -0.2) is 17.9 Å². The highest BCUT2D eigenvalue weighted by Gasteiger charge is 2.45. The zero-order valence-corrected chi connectivity index (χ0v) is 13.0. The van der Waals surface area contributed by atoms with E-state index >= 15 is 0 Å². The largest absolute Gasteiger partial charge is 0.480 e. The Kier molecular flexibility index (Phi) is 6.11. The Bertz CT molecular complexity index is 484. The third-order valence-corrected chi connectivity index (χ3v) is 4.54. The third-order valence-electron chi connectivity index (χ3n) is 3.25. The number of carbonyl (C=O) groups is 2. The lowest BCUT2D eigenvalue weighted by molar-refractivity contribution is -0.151. The second-order valence-corrected chi connectivity index (χ2v) is 7.27. The smallest absolute Gasteiger partial charge is 0.329 e. The van der Waals surface area contributed by atoms with Crippen molar-refractivity contribution in [3.05, 3.63) is 0 Å². The predicted octanol–water partition coefficient (Wildman–Crippen LogP) is -0.546. The van der Waals surface area contributed by atoms with E-state index in [1.807, 2.05) is 0 Å². The monoisotopic (exact) mass is 322 g/mol. The third kappa shape index (κ3) is 5.60. The van der Waals surface area contributed by atoms with Gasteiger partial charge in [-0.05, 0) is 33.1 Å². The van der Waals surface area contributed by atoms with E-state index in [1.54, 1.807) is 13.8 Å². The molecule has 0 unspecified atom stereocenters. The van der Waals surface area contributed by atoms with Crippen molar-refractivity contribution in [3.8, 4) is 0 Å². The molecule has 0 aromatic carbocycles. The number of nitrogens with one attached hydrogen (secondary N) is 2. The van der Waals surface area contributed by atoms with Crippen LogP contribution < -0.4 is 10.0 Å². The van der Waals surface area contributed by atoms with Crippen LogP contribution >= 0.6 is 0 Å². The summed E-state index contributed by atoms with van der Waals surface area (Å²) in [6.07, 6.45) is 1.38. The quantitative estimate of drug-likeness (QED) is 0.524. The van der Waals surface area contributed by atoms with Gasteiger partial charge in [0.1, 0.15) is 5.54 Å². The highest BCUT2D eigenvalue weighted by Crippen LogP contribution is 2.31. The minimum Gasteiger partial charge on any atom is -0.480 e. The summed E-state index contributed by atoms with van der Waals surface area (Å²) in [6, 6.07) is 0. The molecule has 1 rings (SSSR count). The van der Waals surface area contributed by atoms with Crippen molar-refractivity contribution >= 4 is 21.9 Å². The fourth-order valence-electron chi connectivity index (χ4n) is 1.87. The van der Waals surface area contributed by atoms with Crippen molar-refractivity contribution in [2.45, 2.75) is 44.8 Å². The number of carboxylic acids is 1. The van der Waals surface area contributed by atoms with E-state index in [0.717, 1.165) is 6.42 Å². The van der Waals surface area contributed by atoms with Crippen LogP contribution in [0.1, 0.15) is 33.1 Å². The summed E-state index contributed by atoms with van der Waals surface area (Å²) >= 11 is 0. The van der Waals surface area contributed by atoms with Gasteiger partial charge in [0.2, 0.25) is 15.9 Å². The molecule has 21 heavy (non-hydrogen) atoms. The average molecular weight is 322 g/mol. The Morgan fingerprint density at radius 2 is 1.95 bits per heavy atom. The van der Waals surface area contributed by atoms with E-state index < -0.39 is 34.0 Å². The maximum atomic E-state index is 11.7. The van der Waals surface area contributed by atoms with Gasteiger partial charge in [-0.3, -0.25) is 4.79 Å². The molecule has 0 saturated heterocycles. The molecule has 1 aliphatic rings. The summed E-state index contributed by atoms with van der Waals surface area (Å²) in [5, 5.41) is 11.4. The van der Waals surface area contributed by atoms with E-state index in [-0.39, 0.29) is 18.5 Å². The van der Waals surface area contributed by atoms with Gasteiger partial charge in [0.15, 0.2) is 0 Å². The lowest BCUT2D eigenvalue weighted by Crippen LogP contribution is -2.60. The molecule has 8 nitrogen and oxygen atoms in total. The Balaban J connectivity index is 2.37. The SMILES string of the molecule is CC(C)OCCS(=O)(=O)NCC(=O)NC1(C(=O)O)CCC1. The molecule has 1 amide bonds. The molecule has 0 spiro atoms. The van der Waals surface area contributed by atoms with Crippen LogP contribution in [0.2, 0.25) is 0 Å². The van der Waals surface area contributed by atoms with Gasteiger partial charge < -0.3 is 15.2 Å². The minimum atomic E-state index is -3.62. The van der Waals surface area contributed by atoms with Gasteiger partial charge in [-0.15, -0.1) is 0 Å². The number of aliphatic carboxylic acids is 1. The van der Waals surface area contributed by atoms with Gasteiger partial charge in [-0.2, -0.15) is 0 Å². The topological polar surface area (TPSA) is 122 Å². The van der Waals surface area contributed by atoms with Gasteiger partial charge in [0.05, 0.1) is 25.0 Å². The molecule has 1 fully saturated rings. The van der Waals surface area contributed by atoms with Crippen molar-refractivity contribution < 1.29 is 27.9 Å². The molecule has 0 aromatic heterocycles. The molecule has 0 aliphatic heterocycles. The summed E-state index contributed by atoms with van der Waals surface area (Å²) < 4.78 is 30.5. The van der Waals surface area contributed by atoms with Gasteiger partial charge >= 0.3 is 5.97 Å². The molecule has 0 heterocycles. The van der Waals surface area contributed by atoms with Crippen molar-refractivity contribution in [2.24, 2.45) is 0 Å². The fourth-order valence-corrected chi connectivity index (χ4v) is 2.69. The Morgan fingerprint density at radius 1 is 1.33 bits per heavy atom. The summed E-state index contributed by atoms with van der Waals surface area (Å²) in [7, 11) is -3.62. The van der Waals surface area contributed by atoms with Gasteiger partial charge in [0.25, 0.3) is 0 Å². The van der Waals surface area contributed by atoms with Crippen molar-refractivity contribution in [1.29, 1.82) is 0 Å². The first-order valence-corrected chi connectivity index (χ1v) is 8.45. The summed E-state index contributed by atoms with van der Waals surface area (Å²) in [4.78, 5) is 22.7. The van der Waals surface area contributed by atoms with Crippen LogP contribution in [0, 0.1) is 0 Å². The molecular formula is C12H22N2O6S. The Hall–Kier alpha value is -1.19. The zero-order valence-electron chi connectivity index (χ0n) is 12.2. The van der Waals surface area contributed by atoms with Crippen LogP contribution in [0.15, 0.2) is 0 Å². The number of ether oxygens (including phenoxy) is 1. The van der Waals surface area contributed by atoms with Crippen LogP contribution in [-0.2, 0) is 24.3 Å². The molecule has 0 atom stereocenters. The maximum Gasteiger partial charge on any atom is 0.329 e. The minimum absolute atomic E-state index is 0.0354. The van der Waals surface area contributed by atoms with Crippen LogP contribution in [-0.4, -0.2) is 55.9 Å². The second kappa shape index (κ2) is 7.19. The number of hydrogen-bond donors (Lipinski definition) is 3. The second-order valence-electron chi connectivity index (χ2n) is 5.35. The summed E-state index contributed by atoms with van der Waals surface area (Å²) in [6.45, 7) is 3.14. The Labute approximate surface area is 124 Å². The number of hydrogen-bond acceptors (Lipinski definition) is 5. The lowest BCUT2D eigenvalue weighted by atomic mass is 9.77. The molecule has 9 heteroatoms. The van der Waals surface area contributed by atoms with Crippen molar-refractivity contribution in [3.63, 3.8) is 0 Å². The molecule has 0 radical (unpaired) electrons.